The standard InChI is InChI=1S/C45H71N9O8/c1-26-16-31(55)17-27(2)32(26)21-35(51-37(56)33(13-11-15-48-40(46)47)52-42(59)61-44(6,7)8)38(57)50-34(12-9-10-14-49-41(58)60-43(3,4)5)39-53-36(54-62-39)25-45-22-28-18-29(23-45)20-30(19-28)24-45/h16-17,28-30,33-35,55H,9-15,18-25H2,1-8H3,(H,49,58)(H,50,57)(H,51,56)(H,52,59)(H4,46,47,48)/t28?,29?,30?,33-,34+,35+,45?/m1/s1. The number of aromatic nitrogens is 2. The average Bonchev–Trinajstić information content (AvgIpc) is 3.58. The fraction of sp³-hybridized carbons (Fsp3) is 0.711. The van der Waals surface area contributed by atoms with E-state index in [9.17, 15) is 24.3 Å². The Balaban J connectivity index is 1.38. The highest BCUT2D eigenvalue weighted by atomic mass is 16.6. The van der Waals surface area contributed by atoms with Gasteiger partial charge in [-0.1, -0.05) is 5.16 Å². The van der Waals surface area contributed by atoms with Gasteiger partial charge in [0.25, 0.3) is 0 Å². The Morgan fingerprint density at radius 2 is 1.39 bits per heavy atom. The molecular formula is C45H71N9O8. The molecule has 0 aliphatic heterocycles. The molecule has 3 atom stereocenters. The number of aromatic hydroxyl groups is 1. The number of nitrogens with two attached hydrogens (primary N) is 1. The van der Waals surface area contributed by atoms with Gasteiger partial charge in [-0.2, -0.15) is 4.98 Å². The number of carbonyl (C=O) groups is 4. The number of nitrogens with one attached hydrogen (secondary N) is 6. The molecule has 4 amide bonds. The SMILES string of the molecule is Cc1cc(O)cc(C)c1C[C@H](NC(=O)[C@@H](CCCNC(=N)N)NC(=O)OC(C)(C)C)C(=O)N[C@@H](CCCCNC(=O)OC(C)(C)C)c1nc(CC23CC4CC(CC(C4)C2)C3)no1. The van der Waals surface area contributed by atoms with E-state index in [1.807, 2.05) is 13.8 Å². The highest BCUT2D eigenvalue weighted by Crippen LogP contribution is 2.61. The third-order valence-corrected chi connectivity index (χ3v) is 12.1. The molecule has 1 heterocycles. The van der Waals surface area contributed by atoms with E-state index in [1.54, 1.807) is 53.7 Å². The summed E-state index contributed by atoms with van der Waals surface area (Å²) in [6.45, 7) is 14.8. The van der Waals surface area contributed by atoms with Crippen LogP contribution in [0.1, 0.15) is 147 Å². The molecule has 4 aliphatic rings. The molecule has 17 heteroatoms. The number of unbranched alkanes of at least 4 members (excludes halogenated alkanes) is 1. The van der Waals surface area contributed by atoms with Gasteiger partial charge in [-0.3, -0.25) is 15.0 Å². The molecule has 9 N–H and O–H groups in total. The van der Waals surface area contributed by atoms with Crippen LogP contribution in [-0.2, 0) is 31.9 Å². The maximum Gasteiger partial charge on any atom is 0.408 e. The number of phenolic OH excluding ortho intramolecular Hbond substituents is 1. The average molecular weight is 866 g/mol. The number of hydrogen-bond donors (Lipinski definition) is 8. The number of ether oxygens (including phenoxy) is 2. The van der Waals surface area contributed by atoms with E-state index in [-0.39, 0.29) is 42.4 Å². The lowest BCUT2D eigenvalue weighted by Crippen LogP contribution is -2.55. The Morgan fingerprint density at radius 3 is 1.97 bits per heavy atom. The number of phenols is 1. The van der Waals surface area contributed by atoms with Crippen LogP contribution in [0.2, 0.25) is 0 Å². The first-order valence-electron chi connectivity index (χ1n) is 22.3. The third-order valence-electron chi connectivity index (χ3n) is 12.1. The van der Waals surface area contributed by atoms with E-state index in [4.69, 9.17) is 30.1 Å². The van der Waals surface area contributed by atoms with Gasteiger partial charge < -0.3 is 51.4 Å². The molecule has 0 unspecified atom stereocenters. The fourth-order valence-corrected chi connectivity index (χ4v) is 10.1. The van der Waals surface area contributed by atoms with E-state index in [0.29, 0.717) is 38.1 Å². The molecule has 0 radical (unpaired) electrons. The number of rotatable bonds is 19. The summed E-state index contributed by atoms with van der Waals surface area (Å²) in [5.74, 6) is 1.90. The van der Waals surface area contributed by atoms with E-state index >= 15 is 0 Å². The quantitative estimate of drug-likeness (QED) is 0.0468. The van der Waals surface area contributed by atoms with Crippen molar-refractivity contribution in [3.05, 3.63) is 40.5 Å². The van der Waals surface area contributed by atoms with Crippen molar-refractivity contribution in [2.75, 3.05) is 13.1 Å². The van der Waals surface area contributed by atoms with Gasteiger partial charge in [0.1, 0.15) is 35.1 Å². The Hall–Kier alpha value is -5.09. The molecule has 4 aliphatic carbocycles. The zero-order valence-electron chi connectivity index (χ0n) is 38.0. The maximum absolute atomic E-state index is 14.6. The van der Waals surface area contributed by atoms with E-state index < -0.39 is 53.3 Å². The Morgan fingerprint density at radius 1 is 0.823 bits per heavy atom. The van der Waals surface area contributed by atoms with Gasteiger partial charge in [-0.05, 0) is 178 Å². The second kappa shape index (κ2) is 20.4. The van der Waals surface area contributed by atoms with Crippen LogP contribution < -0.4 is 32.3 Å². The summed E-state index contributed by atoms with van der Waals surface area (Å²) in [7, 11) is 0. The largest absolute Gasteiger partial charge is 0.508 e. The third kappa shape index (κ3) is 14.5. The summed E-state index contributed by atoms with van der Waals surface area (Å²) in [5, 5.41) is 36.4. The highest BCUT2D eigenvalue weighted by molar-refractivity contribution is 5.91. The number of nitrogens with zero attached hydrogens (tertiary/aromatic N) is 2. The van der Waals surface area contributed by atoms with Crippen LogP contribution in [0.5, 0.6) is 5.75 Å². The summed E-state index contributed by atoms with van der Waals surface area (Å²) < 4.78 is 16.8. The lowest BCUT2D eigenvalue weighted by molar-refractivity contribution is -0.130. The first-order valence-corrected chi connectivity index (χ1v) is 22.3. The minimum absolute atomic E-state index is 0.0637. The van der Waals surface area contributed by atoms with E-state index in [2.05, 4.69) is 31.7 Å². The number of aryl methyl sites for hydroxylation is 2. The number of benzene rings is 1. The van der Waals surface area contributed by atoms with Crippen molar-refractivity contribution < 1.29 is 38.3 Å². The van der Waals surface area contributed by atoms with Crippen molar-refractivity contribution in [2.45, 2.75) is 168 Å². The summed E-state index contributed by atoms with van der Waals surface area (Å²) in [6, 6.07) is 0.231. The Kier molecular flexibility index (Phi) is 15.8. The first-order chi connectivity index (χ1) is 29.0. The molecule has 344 valence electrons. The number of carbonyl (C=O) groups excluding carboxylic acids is 4. The fourth-order valence-electron chi connectivity index (χ4n) is 10.1. The Bertz CT molecular complexity index is 1840. The van der Waals surface area contributed by atoms with Crippen LogP contribution in [-0.4, -0.2) is 81.6 Å². The number of alkyl carbamates (subject to hydrolysis) is 2. The second-order valence-corrected chi connectivity index (χ2v) is 20.1. The highest BCUT2D eigenvalue weighted by Gasteiger charge is 2.51. The van der Waals surface area contributed by atoms with Crippen molar-refractivity contribution in [3.63, 3.8) is 0 Å². The van der Waals surface area contributed by atoms with E-state index in [1.165, 1.54) is 38.5 Å². The zero-order chi connectivity index (χ0) is 45.4. The molecule has 17 nitrogen and oxygen atoms in total. The number of amides is 4. The van der Waals surface area contributed by atoms with Crippen molar-refractivity contribution in [1.82, 2.24) is 36.7 Å². The molecule has 4 fully saturated rings. The zero-order valence-corrected chi connectivity index (χ0v) is 38.0. The van der Waals surface area contributed by atoms with Crippen LogP contribution in [0, 0.1) is 42.4 Å². The first kappa shape index (κ1) is 48.0. The minimum Gasteiger partial charge on any atom is -0.508 e. The van der Waals surface area contributed by atoms with Gasteiger partial charge in [-0.25, -0.2) is 9.59 Å². The lowest BCUT2D eigenvalue weighted by Gasteiger charge is -2.56. The maximum atomic E-state index is 14.6. The second-order valence-electron chi connectivity index (χ2n) is 20.1. The van der Waals surface area contributed by atoms with Crippen molar-refractivity contribution >= 4 is 30.0 Å². The van der Waals surface area contributed by atoms with Crippen molar-refractivity contribution in [1.29, 1.82) is 5.41 Å². The summed E-state index contributed by atoms with van der Waals surface area (Å²) in [5.41, 5.74) is 6.38. The topological polar surface area (TPSA) is 256 Å². The summed E-state index contributed by atoms with van der Waals surface area (Å²) >= 11 is 0. The molecule has 62 heavy (non-hydrogen) atoms. The van der Waals surface area contributed by atoms with Crippen LogP contribution in [0.3, 0.4) is 0 Å². The van der Waals surface area contributed by atoms with Crippen LogP contribution in [0.25, 0.3) is 0 Å². The predicted molar refractivity (Wildman–Crippen MR) is 233 cm³/mol. The molecule has 0 saturated heterocycles. The van der Waals surface area contributed by atoms with Gasteiger partial charge >= 0.3 is 12.2 Å². The van der Waals surface area contributed by atoms with E-state index in [0.717, 1.165) is 40.9 Å². The van der Waals surface area contributed by atoms with Gasteiger partial charge in [0.15, 0.2) is 11.8 Å². The normalized spacial score (nSPS) is 21.9. The molecule has 1 aromatic carbocycles. The van der Waals surface area contributed by atoms with Gasteiger partial charge in [0.2, 0.25) is 17.7 Å². The van der Waals surface area contributed by atoms with Crippen LogP contribution in [0.15, 0.2) is 16.7 Å². The lowest BCUT2D eigenvalue weighted by atomic mass is 9.49. The van der Waals surface area contributed by atoms with Gasteiger partial charge in [-0.15, -0.1) is 0 Å². The minimum atomic E-state index is -1.14. The Labute approximate surface area is 366 Å². The molecular weight excluding hydrogens is 795 g/mol. The smallest absolute Gasteiger partial charge is 0.408 e. The summed E-state index contributed by atoms with van der Waals surface area (Å²) in [6.07, 6.45) is 9.03. The van der Waals surface area contributed by atoms with Gasteiger partial charge in [0.05, 0.1) is 0 Å². The monoisotopic (exact) mass is 866 g/mol. The van der Waals surface area contributed by atoms with Crippen molar-refractivity contribution in [2.24, 2.45) is 28.9 Å². The number of guanidine groups is 1. The predicted octanol–water partition coefficient (Wildman–Crippen LogP) is 5.89. The summed E-state index contributed by atoms with van der Waals surface area (Å²) in [4.78, 5) is 59.0. The molecule has 4 bridgehead atoms. The molecule has 4 saturated carbocycles. The van der Waals surface area contributed by atoms with Crippen LogP contribution >= 0.6 is 0 Å². The van der Waals surface area contributed by atoms with Gasteiger partial charge in [0, 0.05) is 25.9 Å². The molecule has 6 rings (SSSR count). The molecule has 1 aromatic heterocycles. The van der Waals surface area contributed by atoms with Crippen molar-refractivity contribution in [3.8, 4) is 5.75 Å². The molecule has 0 spiro atoms. The number of hydrogen-bond acceptors (Lipinski definition) is 11. The van der Waals surface area contributed by atoms with Crippen LogP contribution in [0.4, 0.5) is 9.59 Å². The molecule has 2 aromatic rings.